The molecular weight excluding hydrogens is 244 g/mol. The van der Waals surface area contributed by atoms with Crippen LogP contribution in [0.25, 0.3) is 6.08 Å². The lowest BCUT2D eigenvalue weighted by Gasteiger charge is -2.01. The number of rotatable bonds is 4. The van der Waals surface area contributed by atoms with Crippen molar-refractivity contribution in [1.29, 1.82) is 0 Å². The van der Waals surface area contributed by atoms with Crippen molar-refractivity contribution in [3.8, 4) is 0 Å². The van der Waals surface area contributed by atoms with Gasteiger partial charge >= 0.3 is 0 Å². The van der Waals surface area contributed by atoms with E-state index in [1.165, 1.54) is 11.1 Å². The zero-order valence-electron chi connectivity index (χ0n) is 9.40. The summed E-state index contributed by atoms with van der Waals surface area (Å²) in [5.41, 5.74) is 3.48. The molecule has 0 radical (unpaired) electrons. The van der Waals surface area contributed by atoms with E-state index in [1.54, 1.807) is 0 Å². The first-order valence-corrected chi connectivity index (χ1v) is 7.52. The summed E-state index contributed by atoms with van der Waals surface area (Å²) in [5.74, 6) is -0.0179. The van der Waals surface area contributed by atoms with Crippen molar-refractivity contribution in [2.45, 2.75) is 20.3 Å². The maximum absolute atomic E-state index is 10.7. The number of allylic oxidation sites excluding steroid dienone is 1. The van der Waals surface area contributed by atoms with E-state index in [0.717, 1.165) is 5.56 Å². The number of benzene rings is 1. The summed E-state index contributed by atoms with van der Waals surface area (Å²) in [6, 6.07) is 6.17. The maximum Gasteiger partial charge on any atom is 0.232 e. The molecule has 88 valence electrons. The van der Waals surface area contributed by atoms with Crippen molar-refractivity contribution in [2.24, 2.45) is 0 Å². The smallest absolute Gasteiger partial charge is 0.212 e. The third-order valence-electron chi connectivity index (χ3n) is 2.26. The predicted octanol–water partition coefficient (Wildman–Crippen LogP) is 3.28. The molecule has 2 nitrogen and oxygen atoms in total. The molecule has 1 rings (SSSR count). The quantitative estimate of drug-likeness (QED) is 0.777. The topological polar surface area (TPSA) is 34.1 Å². The highest BCUT2D eigenvalue weighted by molar-refractivity contribution is 8.13. The van der Waals surface area contributed by atoms with Gasteiger partial charge in [0.15, 0.2) is 0 Å². The molecule has 0 unspecified atom stereocenters. The van der Waals surface area contributed by atoms with Crippen LogP contribution in [0.15, 0.2) is 24.3 Å². The van der Waals surface area contributed by atoms with Crippen molar-refractivity contribution in [1.82, 2.24) is 0 Å². The number of halogens is 1. The molecule has 4 heteroatoms. The van der Waals surface area contributed by atoms with Crippen LogP contribution in [0.2, 0.25) is 0 Å². The molecule has 0 aliphatic heterocycles. The molecule has 0 saturated carbocycles. The molecule has 0 bridgehead atoms. The summed E-state index contributed by atoms with van der Waals surface area (Å²) in [6.07, 6.45) is 4.21. The fourth-order valence-corrected chi connectivity index (χ4v) is 2.04. The first-order chi connectivity index (χ1) is 7.38. The molecule has 0 N–H and O–H groups in total. The summed E-state index contributed by atoms with van der Waals surface area (Å²) < 4.78 is 21.4. The fraction of sp³-hybridized carbons (Fsp3) is 0.333. The Morgan fingerprint density at radius 3 is 2.62 bits per heavy atom. The molecule has 1 aromatic carbocycles. The average Bonchev–Trinajstić information content (AvgIpc) is 2.16. The Kier molecular flexibility index (Phi) is 4.56. The molecular formula is C12H15ClO2S. The zero-order valence-corrected chi connectivity index (χ0v) is 11.0. The minimum Gasteiger partial charge on any atom is -0.212 e. The second kappa shape index (κ2) is 5.51. The number of aryl methyl sites for hydroxylation is 2. The maximum atomic E-state index is 10.7. The van der Waals surface area contributed by atoms with Gasteiger partial charge < -0.3 is 0 Å². The summed E-state index contributed by atoms with van der Waals surface area (Å²) >= 11 is 0. The lowest BCUT2D eigenvalue weighted by atomic mass is 10.1. The van der Waals surface area contributed by atoms with Crippen LogP contribution in [0.5, 0.6) is 0 Å². The van der Waals surface area contributed by atoms with Gasteiger partial charge in [0.25, 0.3) is 0 Å². The summed E-state index contributed by atoms with van der Waals surface area (Å²) in [5, 5.41) is 0. The van der Waals surface area contributed by atoms with Crippen LogP contribution >= 0.6 is 10.7 Å². The van der Waals surface area contributed by atoms with Crippen molar-refractivity contribution < 1.29 is 8.42 Å². The highest BCUT2D eigenvalue weighted by atomic mass is 35.7. The first-order valence-electron chi connectivity index (χ1n) is 5.04. The molecule has 0 amide bonds. The Hall–Kier alpha value is -0.800. The highest BCUT2D eigenvalue weighted by Crippen LogP contribution is 2.13. The van der Waals surface area contributed by atoms with Gasteiger partial charge in [-0.3, -0.25) is 0 Å². The van der Waals surface area contributed by atoms with Crippen LogP contribution in [0.4, 0.5) is 0 Å². The van der Waals surface area contributed by atoms with Gasteiger partial charge in [0.2, 0.25) is 9.05 Å². The zero-order chi connectivity index (χ0) is 12.2. The molecule has 0 saturated heterocycles. The number of hydrogen-bond donors (Lipinski definition) is 0. The van der Waals surface area contributed by atoms with E-state index < -0.39 is 9.05 Å². The molecule has 16 heavy (non-hydrogen) atoms. The normalized spacial score (nSPS) is 12.2. The minimum atomic E-state index is -3.38. The van der Waals surface area contributed by atoms with Gasteiger partial charge in [-0.15, -0.1) is 0 Å². The SMILES string of the molecule is Cc1ccc(C)c(/C=C/CCS(=O)(=O)Cl)c1. The van der Waals surface area contributed by atoms with Crippen LogP contribution in [0.1, 0.15) is 23.1 Å². The Labute approximate surface area is 101 Å². The summed E-state index contributed by atoms with van der Waals surface area (Å²) in [6.45, 7) is 4.05. The third kappa shape index (κ3) is 4.81. The van der Waals surface area contributed by atoms with Crippen LogP contribution < -0.4 is 0 Å². The van der Waals surface area contributed by atoms with Crippen molar-refractivity contribution >= 4 is 25.8 Å². The lowest BCUT2D eigenvalue weighted by molar-refractivity contribution is 0.609. The Bertz CT molecular complexity index is 490. The molecule has 0 heterocycles. The van der Waals surface area contributed by atoms with E-state index in [0.29, 0.717) is 6.42 Å². The molecule has 1 aromatic rings. The Morgan fingerprint density at radius 2 is 2.00 bits per heavy atom. The van der Waals surface area contributed by atoms with Gasteiger partial charge in [0.05, 0.1) is 5.75 Å². The van der Waals surface area contributed by atoms with Crippen LogP contribution in [0, 0.1) is 13.8 Å². The molecule has 0 spiro atoms. The van der Waals surface area contributed by atoms with E-state index in [1.807, 2.05) is 32.1 Å². The van der Waals surface area contributed by atoms with Gasteiger partial charge in [-0.05, 0) is 31.4 Å². The first kappa shape index (κ1) is 13.3. The molecule has 0 aromatic heterocycles. The van der Waals surface area contributed by atoms with Gasteiger partial charge in [0, 0.05) is 10.7 Å². The van der Waals surface area contributed by atoms with E-state index in [2.05, 4.69) is 12.1 Å². The average molecular weight is 259 g/mol. The minimum absolute atomic E-state index is 0.0179. The van der Waals surface area contributed by atoms with E-state index >= 15 is 0 Å². The van der Waals surface area contributed by atoms with Crippen LogP contribution in [-0.2, 0) is 9.05 Å². The highest BCUT2D eigenvalue weighted by Gasteiger charge is 2.01. The van der Waals surface area contributed by atoms with Crippen molar-refractivity contribution in [3.05, 3.63) is 41.0 Å². The van der Waals surface area contributed by atoms with E-state index in [-0.39, 0.29) is 5.75 Å². The standard InChI is InChI=1S/C12H15ClO2S/c1-10-6-7-11(2)12(9-10)5-3-4-8-16(13,14)15/h3,5-7,9H,4,8H2,1-2H3/b5-3+. The van der Waals surface area contributed by atoms with E-state index in [9.17, 15) is 8.42 Å². The predicted molar refractivity (Wildman–Crippen MR) is 69.2 cm³/mol. The fourth-order valence-electron chi connectivity index (χ4n) is 1.36. The number of hydrogen-bond acceptors (Lipinski definition) is 2. The van der Waals surface area contributed by atoms with Gasteiger partial charge in [0.1, 0.15) is 0 Å². The van der Waals surface area contributed by atoms with Gasteiger partial charge in [-0.2, -0.15) is 0 Å². The largest absolute Gasteiger partial charge is 0.232 e. The Morgan fingerprint density at radius 1 is 1.31 bits per heavy atom. The van der Waals surface area contributed by atoms with Crippen molar-refractivity contribution in [2.75, 3.05) is 5.75 Å². The van der Waals surface area contributed by atoms with Gasteiger partial charge in [-0.25, -0.2) is 8.42 Å². The second-order valence-electron chi connectivity index (χ2n) is 3.79. The molecule has 0 atom stereocenters. The molecule has 0 aliphatic carbocycles. The molecule has 0 fully saturated rings. The molecule has 0 aliphatic rings. The lowest BCUT2D eigenvalue weighted by Crippen LogP contribution is -1.94. The Balaban J connectivity index is 2.66. The summed E-state index contributed by atoms with van der Waals surface area (Å²) in [4.78, 5) is 0. The summed E-state index contributed by atoms with van der Waals surface area (Å²) in [7, 11) is 1.73. The van der Waals surface area contributed by atoms with Gasteiger partial charge in [-0.1, -0.05) is 35.9 Å². The van der Waals surface area contributed by atoms with E-state index in [4.69, 9.17) is 10.7 Å². The van der Waals surface area contributed by atoms with Crippen molar-refractivity contribution in [3.63, 3.8) is 0 Å². The second-order valence-corrected chi connectivity index (χ2v) is 6.69. The monoisotopic (exact) mass is 258 g/mol. The van der Waals surface area contributed by atoms with Crippen LogP contribution in [-0.4, -0.2) is 14.2 Å². The third-order valence-corrected chi connectivity index (χ3v) is 3.45. The van der Waals surface area contributed by atoms with Crippen LogP contribution in [0.3, 0.4) is 0 Å².